The highest BCUT2D eigenvalue weighted by molar-refractivity contribution is 7.13. The molecule has 1 atom stereocenters. The number of carbonyl (C=O) groups excluding carboxylic acids is 1. The van der Waals surface area contributed by atoms with Gasteiger partial charge in [-0.2, -0.15) is 0 Å². The molecule has 0 bridgehead atoms. The van der Waals surface area contributed by atoms with Crippen LogP contribution in [0.3, 0.4) is 0 Å². The summed E-state index contributed by atoms with van der Waals surface area (Å²) in [6.45, 7) is 5.01. The number of morpholine rings is 1. The summed E-state index contributed by atoms with van der Waals surface area (Å²) in [6.07, 6.45) is 5.36. The predicted molar refractivity (Wildman–Crippen MR) is 96.5 cm³/mol. The second-order valence-electron chi connectivity index (χ2n) is 6.67. The molecule has 1 aromatic rings. The Morgan fingerprint density at radius 2 is 2.21 bits per heavy atom. The van der Waals surface area contributed by atoms with Gasteiger partial charge in [0.15, 0.2) is 5.13 Å². The van der Waals surface area contributed by atoms with E-state index in [1.165, 1.54) is 19.3 Å². The molecule has 3 rings (SSSR count). The van der Waals surface area contributed by atoms with E-state index < -0.39 is 0 Å². The SMILES string of the molecule is CN1CCCCC1CCC(=O)NCc1csc(N2CCOCC2)n1. The van der Waals surface area contributed by atoms with Crippen LogP contribution in [-0.4, -0.2) is 61.7 Å². The van der Waals surface area contributed by atoms with E-state index in [0.717, 1.165) is 50.1 Å². The Hall–Kier alpha value is -1.18. The van der Waals surface area contributed by atoms with E-state index in [1.54, 1.807) is 11.3 Å². The summed E-state index contributed by atoms with van der Waals surface area (Å²) in [5, 5.41) is 6.09. The number of amides is 1. The Labute approximate surface area is 148 Å². The van der Waals surface area contributed by atoms with E-state index in [9.17, 15) is 4.79 Å². The van der Waals surface area contributed by atoms with Crippen LogP contribution in [0, 0.1) is 0 Å². The fourth-order valence-corrected chi connectivity index (χ4v) is 4.24. The maximum absolute atomic E-state index is 12.1. The first-order valence-corrected chi connectivity index (χ1v) is 9.84. The average molecular weight is 353 g/mol. The molecule has 3 heterocycles. The Bertz CT molecular complexity index is 530. The second kappa shape index (κ2) is 8.78. The number of thiazole rings is 1. The first kappa shape index (κ1) is 17.6. The summed E-state index contributed by atoms with van der Waals surface area (Å²) in [5.74, 6) is 0.134. The Balaban J connectivity index is 1.39. The van der Waals surface area contributed by atoms with Crippen LogP contribution in [0.25, 0.3) is 0 Å². The van der Waals surface area contributed by atoms with Crippen LogP contribution in [0.2, 0.25) is 0 Å². The molecular weight excluding hydrogens is 324 g/mol. The highest BCUT2D eigenvalue weighted by Crippen LogP contribution is 2.21. The standard InChI is InChI=1S/C17H28N4O2S/c1-20-7-3-2-4-15(20)5-6-16(22)18-12-14-13-24-17(19-14)21-8-10-23-11-9-21/h13,15H,2-12H2,1H3,(H,18,22). The summed E-state index contributed by atoms with van der Waals surface area (Å²) in [7, 11) is 2.17. The number of piperidine rings is 1. The van der Waals surface area contributed by atoms with Gasteiger partial charge in [0.25, 0.3) is 0 Å². The number of rotatable bonds is 6. The zero-order valence-corrected chi connectivity index (χ0v) is 15.3. The molecule has 0 radical (unpaired) electrons. The van der Waals surface area contributed by atoms with Crippen molar-refractivity contribution in [3.05, 3.63) is 11.1 Å². The third-order valence-electron chi connectivity index (χ3n) is 4.91. The fraction of sp³-hybridized carbons (Fsp3) is 0.765. The molecule has 2 fully saturated rings. The highest BCUT2D eigenvalue weighted by Gasteiger charge is 2.19. The minimum absolute atomic E-state index is 0.134. The van der Waals surface area contributed by atoms with Gasteiger partial charge in [-0.25, -0.2) is 4.98 Å². The summed E-state index contributed by atoms with van der Waals surface area (Å²) < 4.78 is 5.37. The number of nitrogens with one attached hydrogen (secondary N) is 1. The summed E-state index contributed by atoms with van der Waals surface area (Å²) in [5.41, 5.74) is 0.949. The molecule has 134 valence electrons. The van der Waals surface area contributed by atoms with Gasteiger partial charge < -0.3 is 19.9 Å². The molecule has 0 spiro atoms. The quantitative estimate of drug-likeness (QED) is 0.847. The molecule has 2 saturated heterocycles. The number of anilines is 1. The van der Waals surface area contributed by atoms with Crippen molar-refractivity contribution in [1.82, 2.24) is 15.2 Å². The van der Waals surface area contributed by atoms with Crippen molar-refractivity contribution in [3.8, 4) is 0 Å². The summed E-state index contributed by atoms with van der Waals surface area (Å²) >= 11 is 1.65. The van der Waals surface area contributed by atoms with Crippen molar-refractivity contribution in [2.45, 2.75) is 44.7 Å². The van der Waals surface area contributed by atoms with Gasteiger partial charge in [0.05, 0.1) is 25.5 Å². The topological polar surface area (TPSA) is 57.7 Å². The zero-order chi connectivity index (χ0) is 16.8. The third kappa shape index (κ3) is 4.91. The van der Waals surface area contributed by atoms with Crippen LogP contribution >= 0.6 is 11.3 Å². The van der Waals surface area contributed by atoms with Crippen LogP contribution in [0.15, 0.2) is 5.38 Å². The lowest BCUT2D eigenvalue weighted by atomic mass is 9.98. The molecule has 1 N–H and O–H groups in total. The number of carbonyl (C=O) groups is 1. The Morgan fingerprint density at radius 1 is 1.38 bits per heavy atom. The summed E-state index contributed by atoms with van der Waals surface area (Å²) in [6, 6.07) is 0.566. The van der Waals surface area contributed by atoms with E-state index in [1.807, 2.05) is 5.38 Å². The van der Waals surface area contributed by atoms with Crippen LogP contribution in [0.5, 0.6) is 0 Å². The molecule has 0 aliphatic carbocycles. The van der Waals surface area contributed by atoms with Gasteiger partial charge >= 0.3 is 0 Å². The lowest BCUT2D eigenvalue weighted by molar-refractivity contribution is -0.121. The molecule has 6 nitrogen and oxygen atoms in total. The number of aromatic nitrogens is 1. The second-order valence-corrected chi connectivity index (χ2v) is 7.50. The number of likely N-dealkylation sites (tertiary alicyclic amines) is 1. The lowest BCUT2D eigenvalue weighted by Crippen LogP contribution is -2.37. The Kier molecular flexibility index (Phi) is 6.45. The third-order valence-corrected chi connectivity index (χ3v) is 5.86. The molecule has 1 amide bonds. The molecular formula is C17H28N4O2S. The van der Waals surface area contributed by atoms with Gasteiger partial charge in [0, 0.05) is 30.9 Å². The maximum Gasteiger partial charge on any atom is 0.220 e. The average Bonchev–Trinajstić information content (AvgIpc) is 3.09. The largest absolute Gasteiger partial charge is 0.378 e. The first-order chi connectivity index (χ1) is 11.7. The van der Waals surface area contributed by atoms with Crippen molar-refractivity contribution in [3.63, 3.8) is 0 Å². The normalized spacial score (nSPS) is 22.5. The molecule has 2 aliphatic rings. The number of ether oxygens (including phenoxy) is 1. The van der Waals surface area contributed by atoms with Gasteiger partial charge in [-0.15, -0.1) is 11.3 Å². The smallest absolute Gasteiger partial charge is 0.220 e. The van der Waals surface area contributed by atoms with E-state index in [-0.39, 0.29) is 5.91 Å². The van der Waals surface area contributed by atoms with Gasteiger partial charge in [-0.1, -0.05) is 6.42 Å². The maximum atomic E-state index is 12.1. The highest BCUT2D eigenvalue weighted by atomic mass is 32.1. The zero-order valence-electron chi connectivity index (χ0n) is 14.5. The van der Waals surface area contributed by atoms with E-state index in [2.05, 4.69) is 27.1 Å². The lowest BCUT2D eigenvalue weighted by Gasteiger charge is -2.32. The van der Waals surface area contributed by atoms with Crippen LogP contribution < -0.4 is 10.2 Å². The number of nitrogens with zero attached hydrogens (tertiary/aromatic N) is 3. The van der Waals surface area contributed by atoms with Crippen LogP contribution in [0.4, 0.5) is 5.13 Å². The molecule has 7 heteroatoms. The van der Waals surface area contributed by atoms with Gasteiger partial charge in [-0.05, 0) is 32.9 Å². The van der Waals surface area contributed by atoms with Crippen molar-refractivity contribution >= 4 is 22.4 Å². The van der Waals surface area contributed by atoms with Gasteiger partial charge in [0.2, 0.25) is 5.91 Å². The number of hydrogen-bond acceptors (Lipinski definition) is 6. The minimum Gasteiger partial charge on any atom is -0.378 e. The summed E-state index contributed by atoms with van der Waals surface area (Å²) in [4.78, 5) is 21.4. The molecule has 2 aliphatic heterocycles. The fourth-order valence-electron chi connectivity index (χ4n) is 3.36. The van der Waals surface area contributed by atoms with Crippen molar-refractivity contribution in [2.75, 3.05) is 44.8 Å². The first-order valence-electron chi connectivity index (χ1n) is 8.96. The van der Waals surface area contributed by atoms with Gasteiger partial charge in [0.1, 0.15) is 0 Å². The van der Waals surface area contributed by atoms with Crippen LogP contribution in [-0.2, 0) is 16.1 Å². The van der Waals surface area contributed by atoms with Crippen molar-refractivity contribution in [2.24, 2.45) is 0 Å². The van der Waals surface area contributed by atoms with E-state index in [0.29, 0.717) is 19.0 Å². The minimum atomic E-state index is 0.134. The predicted octanol–water partition coefficient (Wildman–Crippen LogP) is 1.86. The van der Waals surface area contributed by atoms with E-state index >= 15 is 0 Å². The molecule has 0 aromatic carbocycles. The van der Waals surface area contributed by atoms with Crippen molar-refractivity contribution < 1.29 is 9.53 Å². The van der Waals surface area contributed by atoms with Crippen molar-refractivity contribution in [1.29, 1.82) is 0 Å². The molecule has 1 aromatic heterocycles. The molecule has 24 heavy (non-hydrogen) atoms. The van der Waals surface area contributed by atoms with Gasteiger partial charge in [-0.3, -0.25) is 4.79 Å². The van der Waals surface area contributed by atoms with Crippen LogP contribution in [0.1, 0.15) is 37.8 Å². The molecule has 1 unspecified atom stereocenters. The van der Waals surface area contributed by atoms with E-state index in [4.69, 9.17) is 4.74 Å². The molecule has 0 saturated carbocycles. The monoisotopic (exact) mass is 352 g/mol. The Morgan fingerprint density at radius 3 is 3.00 bits per heavy atom. The number of hydrogen-bond donors (Lipinski definition) is 1.